The number of anilines is 1. The van der Waals surface area contributed by atoms with E-state index in [0.717, 1.165) is 0 Å². The molecule has 1 N–H and O–H groups in total. The van der Waals surface area contributed by atoms with Crippen molar-refractivity contribution in [1.82, 2.24) is 4.90 Å². The van der Waals surface area contributed by atoms with Gasteiger partial charge in [-0.2, -0.15) is 0 Å². The number of ether oxygens (including phenoxy) is 2. The molecule has 1 unspecified atom stereocenters. The van der Waals surface area contributed by atoms with Crippen LogP contribution in [0.25, 0.3) is 0 Å². The molecule has 3 rings (SSSR count). The molecule has 1 amide bonds. The molecule has 0 radical (unpaired) electrons. The first kappa shape index (κ1) is 25.4. The van der Waals surface area contributed by atoms with Crippen molar-refractivity contribution in [3.8, 4) is 0 Å². The molecule has 1 aliphatic heterocycles. The summed E-state index contributed by atoms with van der Waals surface area (Å²) in [7, 11) is -3.13. The van der Waals surface area contributed by atoms with Gasteiger partial charge >= 0.3 is 11.9 Å². The second-order valence-electron chi connectivity index (χ2n) is 7.73. The molecule has 0 bridgehead atoms. The van der Waals surface area contributed by atoms with E-state index in [1.54, 1.807) is 38.1 Å². The number of rotatable bonds is 8. The van der Waals surface area contributed by atoms with E-state index < -0.39 is 33.7 Å². The maximum Gasteiger partial charge on any atom is 0.338 e. The molecule has 0 saturated carbocycles. The van der Waals surface area contributed by atoms with Crippen molar-refractivity contribution in [3.05, 3.63) is 65.2 Å². The summed E-state index contributed by atoms with van der Waals surface area (Å²) in [5.41, 5.74) is 1.13. The van der Waals surface area contributed by atoms with Crippen molar-refractivity contribution in [2.75, 3.05) is 43.1 Å². The van der Waals surface area contributed by atoms with Crippen LogP contribution < -0.4 is 5.32 Å². The third-order valence-corrected chi connectivity index (χ3v) is 6.94. The van der Waals surface area contributed by atoms with Gasteiger partial charge in [0.1, 0.15) is 6.04 Å². The number of benzene rings is 2. The van der Waals surface area contributed by atoms with Crippen molar-refractivity contribution < 1.29 is 32.3 Å². The van der Waals surface area contributed by atoms with Crippen LogP contribution >= 0.6 is 0 Å². The normalized spacial score (nSPS) is 16.3. The van der Waals surface area contributed by atoms with Crippen molar-refractivity contribution in [2.24, 2.45) is 0 Å². The Morgan fingerprint density at radius 3 is 1.94 bits per heavy atom. The zero-order valence-corrected chi connectivity index (χ0v) is 20.0. The number of nitrogens with zero attached hydrogens (tertiary/aromatic N) is 1. The average Bonchev–Trinajstić information content (AvgIpc) is 2.81. The number of esters is 2. The number of hydrogen-bond acceptors (Lipinski definition) is 8. The largest absolute Gasteiger partial charge is 0.462 e. The van der Waals surface area contributed by atoms with Crippen molar-refractivity contribution in [1.29, 1.82) is 0 Å². The molecule has 34 heavy (non-hydrogen) atoms. The molecule has 182 valence electrons. The second kappa shape index (κ2) is 11.3. The lowest BCUT2D eigenvalue weighted by Gasteiger charge is -2.33. The van der Waals surface area contributed by atoms with E-state index >= 15 is 0 Å². The maximum atomic E-state index is 13.5. The monoisotopic (exact) mass is 488 g/mol. The van der Waals surface area contributed by atoms with E-state index in [0.29, 0.717) is 5.56 Å². The molecule has 0 aliphatic carbocycles. The Morgan fingerprint density at radius 1 is 0.912 bits per heavy atom. The molecular formula is C24H28N2O7S. The lowest BCUT2D eigenvalue weighted by molar-refractivity contribution is -0.121. The number of carbonyl (C=O) groups is 3. The zero-order valence-electron chi connectivity index (χ0n) is 19.2. The quantitative estimate of drug-likeness (QED) is 0.563. The number of carbonyl (C=O) groups excluding carboxylic acids is 3. The number of nitrogens with one attached hydrogen (secondary N) is 1. The Labute approximate surface area is 199 Å². The fraction of sp³-hybridized carbons (Fsp3) is 0.375. The highest BCUT2D eigenvalue weighted by atomic mass is 32.2. The fourth-order valence-corrected chi connectivity index (χ4v) is 4.95. The van der Waals surface area contributed by atoms with E-state index in [1.807, 2.05) is 11.0 Å². The molecular weight excluding hydrogens is 460 g/mol. The Bertz CT molecular complexity index is 1100. The molecule has 1 atom stereocenters. The van der Waals surface area contributed by atoms with Crippen molar-refractivity contribution >= 4 is 33.4 Å². The van der Waals surface area contributed by atoms with E-state index in [2.05, 4.69) is 5.32 Å². The second-order valence-corrected chi connectivity index (χ2v) is 10.0. The predicted molar refractivity (Wildman–Crippen MR) is 126 cm³/mol. The maximum absolute atomic E-state index is 13.5. The van der Waals surface area contributed by atoms with Gasteiger partial charge in [-0.15, -0.1) is 0 Å². The minimum atomic E-state index is -3.13. The van der Waals surface area contributed by atoms with Gasteiger partial charge in [-0.25, -0.2) is 18.0 Å². The summed E-state index contributed by atoms with van der Waals surface area (Å²) in [6.45, 7) is 4.06. The van der Waals surface area contributed by atoms with Gasteiger partial charge in [-0.3, -0.25) is 9.69 Å². The Morgan fingerprint density at radius 2 is 1.44 bits per heavy atom. The number of hydrogen-bond donors (Lipinski definition) is 1. The molecule has 1 aliphatic rings. The minimum absolute atomic E-state index is 0.0328. The van der Waals surface area contributed by atoms with Crippen LogP contribution in [-0.4, -0.2) is 69.0 Å². The van der Waals surface area contributed by atoms with Crippen LogP contribution in [0.1, 0.15) is 46.2 Å². The lowest BCUT2D eigenvalue weighted by Crippen LogP contribution is -2.46. The summed E-state index contributed by atoms with van der Waals surface area (Å²) >= 11 is 0. The van der Waals surface area contributed by atoms with Gasteiger partial charge in [-0.05, 0) is 37.6 Å². The van der Waals surface area contributed by atoms with E-state index in [4.69, 9.17) is 9.47 Å². The summed E-state index contributed by atoms with van der Waals surface area (Å²) in [5, 5.41) is 2.79. The molecule has 0 spiro atoms. The first-order valence-corrected chi connectivity index (χ1v) is 12.9. The van der Waals surface area contributed by atoms with Crippen LogP contribution in [0.2, 0.25) is 0 Å². The Hall–Kier alpha value is -3.24. The molecule has 1 saturated heterocycles. The highest BCUT2D eigenvalue weighted by Crippen LogP contribution is 2.26. The van der Waals surface area contributed by atoms with Crippen LogP contribution in [0.4, 0.5) is 5.69 Å². The third-order valence-electron chi connectivity index (χ3n) is 5.33. The third kappa shape index (κ3) is 6.42. The predicted octanol–water partition coefficient (Wildman–Crippen LogP) is 2.45. The van der Waals surface area contributed by atoms with E-state index in [-0.39, 0.29) is 54.6 Å². The highest BCUT2D eigenvalue weighted by Gasteiger charge is 2.32. The number of amides is 1. The Kier molecular flexibility index (Phi) is 8.41. The van der Waals surface area contributed by atoms with Gasteiger partial charge < -0.3 is 14.8 Å². The Balaban J connectivity index is 1.93. The van der Waals surface area contributed by atoms with Gasteiger partial charge in [0, 0.05) is 18.8 Å². The summed E-state index contributed by atoms with van der Waals surface area (Å²) in [5.74, 6) is -1.75. The molecule has 9 nitrogen and oxygen atoms in total. The van der Waals surface area contributed by atoms with Crippen LogP contribution in [0, 0.1) is 0 Å². The highest BCUT2D eigenvalue weighted by molar-refractivity contribution is 7.91. The lowest BCUT2D eigenvalue weighted by atomic mass is 10.0. The molecule has 10 heteroatoms. The topological polar surface area (TPSA) is 119 Å². The smallest absolute Gasteiger partial charge is 0.338 e. The first-order valence-electron chi connectivity index (χ1n) is 11.0. The first-order chi connectivity index (χ1) is 16.2. The van der Waals surface area contributed by atoms with Crippen LogP contribution in [0.15, 0.2) is 48.5 Å². The van der Waals surface area contributed by atoms with Gasteiger partial charge in [0.25, 0.3) is 0 Å². The minimum Gasteiger partial charge on any atom is -0.462 e. The molecule has 0 aromatic heterocycles. The molecule has 1 fully saturated rings. The fourth-order valence-electron chi connectivity index (χ4n) is 3.72. The standard InChI is InChI=1S/C24H28N2O7S/c1-3-32-23(28)18-14-19(24(29)33-4-2)16-20(15-18)25-22(27)21(17-8-6-5-7-9-17)26-10-12-34(30,31)13-11-26/h5-9,14-16,21H,3-4,10-13H2,1-2H3,(H,25,27). The van der Waals surface area contributed by atoms with E-state index in [1.165, 1.54) is 18.2 Å². The molecule has 2 aromatic rings. The van der Waals surface area contributed by atoms with Crippen LogP contribution in [0.3, 0.4) is 0 Å². The molecule has 1 heterocycles. The molecule has 2 aromatic carbocycles. The van der Waals surface area contributed by atoms with Gasteiger partial charge in [0.15, 0.2) is 9.84 Å². The van der Waals surface area contributed by atoms with Gasteiger partial charge in [0.05, 0.1) is 35.8 Å². The summed E-state index contributed by atoms with van der Waals surface area (Å²) < 4.78 is 33.9. The van der Waals surface area contributed by atoms with Gasteiger partial charge in [0.2, 0.25) is 5.91 Å². The van der Waals surface area contributed by atoms with E-state index in [9.17, 15) is 22.8 Å². The number of sulfone groups is 1. The average molecular weight is 489 g/mol. The SMILES string of the molecule is CCOC(=O)c1cc(NC(=O)C(c2ccccc2)N2CCS(=O)(=O)CC2)cc(C(=O)OCC)c1. The van der Waals surface area contributed by atoms with Crippen molar-refractivity contribution in [3.63, 3.8) is 0 Å². The van der Waals surface area contributed by atoms with Gasteiger partial charge in [-0.1, -0.05) is 30.3 Å². The summed E-state index contributed by atoms with van der Waals surface area (Å²) in [6, 6.07) is 12.5. The van der Waals surface area contributed by atoms with Crippen molar-refractivity contribution in [2.45, 2.75) is 19.9 Å². The summed E-state index contributed by atoms with van der Waals surface area (Å²) in [6.07, 6.45) is 0. The summed E-state index contributed by atoms with van der Waals surface area (Å²) in [4.78, 5) is 39.9. The zero-order chi connectivity index (χ0) is 24.7. The van der Waals surface area contributed by atoms with Crippen LogP contribution in [-0.2, 0) is 24.1 Å². The van der Waals surface area contributed by atoms with Crippen LogP contribution in [0.5, 0.6) is 0 Å².